The first-order chi connectivity index (χ1) is 7.54. The van der Waals surface area contributed by atoms with E-state index in [1.54, 1.807) is 0 Å². The van der Waals surface area contributed by atoms with E-state index in [1.165, 1.54) is 5.56 Å². The lowest BCUT2D eigenvalue weighted by Crippen LogP contribution is -2.46. The van der Waals surface area contributed by atoms with E-state index in [2.05, 4.69) is 49.2 Å². The topological polar surface area (TPSA) is 21.3 Å². The van der Waals surface area contributed by atoms with Gasteiger partial charge in [0.1, 0.15) is 0 Å². The van der Waals surface area contributed by atoms with Gasteiger partial charge in [-0.3, -0.25) is 0 Å². The van der Waals surface area contributed by atoms with Crippen LogP contribution in [0.5, 0.6) is 0 Å². The summed E-state index contributed by atoms with van der Waals surface area (Å²) in [5.41, 5.74) is 1.71. The van der Waals surface area contributed by atoms with Gasteiger partial charge in [-0.05, 0) is 5.56 Å². The van der Waals surface area contributed by atoms with Gasteiger partial charge in [0.05, 0.1) is 13.8 Å². The standard InChI is InChI=1S/C13H23NOSi/c1-15-13(16(2,3)4)11-14-10-12-8-6-5-7-9-12/h5-9,13-14H,10-11H2,1-4H3. The van der Waals surface area contributed by atoms with Crippen LogP contribution in [0.3, 0.4) is 0 Å². The van der Waals surface area contributed by atoms with Crippen LogP contribution < -0.4 is 5.32 Å². The fourth-order valence-electron chi connectivity index (χ4n) is 1.69. The lowest BCUT2D eigenvalue weighted by atomic mass is 10.2. The summed E-state index contributed by atoms with van der Waals surface area (Å²) in [6.07, 6.45) is 0. The number of benzene rings is 1. The summed E-state index contributed by atoms with van der Waals surface area (Å²) >= 11 is 0. The zero-order chi connectivity index (χ0) is 12.0. The van der Waals surface area contributed by atoms with Crippen LogP contribution >= 0.6 is 0 Å². The van der Waals surface area contributed by atoms with Crippen LogP contribution in [0.15, 0.2) is 30.3 Å². The summed E-state index contributed by atoms with van der Waals surface area (Å²) < 4.78 is 5.55. The molecule has 0 spiro atoms. The number of hydrogen-bond donors (Lipinski definition) is 1. The third-order valence-electron chi connectivity index (χ3n) is 2.75. The molecule has 0 fully saturated rings. The Morgan fingerprint density at radius 1 is 1.19 bits per heavy atom. The average molecular weight is 237 g/mol. The van der Waals surface area contributed by atoms with E-state index in [1.807, 2.05) is 13.2 Å². The van der Waals surface area contributed by atoms with Gasteiger partial charge in [-0.2, -0.15) is 0 Å². The number of ether oxygens (including phenoxy) is 1. The van der Waals surface area contributed by atoms with Crippen molar-refractivity contribution in [3.63, 3.8) is 0 Å². The van der Waals surface area contributed by atoms with Crippen molar-refractivity contribution in [2.75, 3.05) is 13.7 Å². The van der Waals surface area contributed by atoms with Crippen molar-refractivity contribution >= 4 is 8.07 Å². The van der Waals surface area contributed by atoms with Gasteiger partial charge >= 0.3 is 0 Å². The normalized spacial score (nSPS) is 13.8. The zero-order valence-corrected chi connectivity index (χ0v) is 11.8. The lowest BCUT2D eigenvalue weighted by Gasteiger charge is -2.27. The predicted octanol–water partition coefficient (Wildman–Crippen LogP) is 2.67. The van der Waals surface area contributed by atoms with Gasteiger partial charge in [0.15, 0.2) is 0 Å². The Bertz CT molecular complexity index is 295. The van der Waals surface area contributed by atoms with Gasteiger partial charge in [-0.15, -0.1) is 0 Å². The molecule has 0 saturated heterocycles. The molecular formula is C13H23NOSi. The molecule has 0 bridgehead atoms. The highest BCUT2D eigenvalue weighted by Crippen LogP contribution is 2.10. The second-order valence-corrected chi connectivity index (χ2v) is 10.6. The fraction of sp³-hybridized carbons (Fsp3) is 0.538. The number of hydrogen-bond acceptors (Lipinski definition) is 2. The Morgan fingerprint density at radius 3 is 2.31 bits per heavy atom. The summed E-state index contributed by atoms with van der Waals surface area (Å²) in [5.74, 6) is 0. The molecule has 2 nitrogen and oxygen atoms in total. The van der Waals surface area contributed by atoms with E-state index >= 15 is 0 Å². The molecule has 1 unspecified atom stereocenters. The van der Waals surface area contributed by atoms with Crippen LogP contribution in [0.25, 0.3) is 0 Å². The molecule has 0 aliphatic carbocycles. The van der Waals surface area contributed by atoms with Gasteiger partial charge in [0.2, 0.25) is 0 Å². The van der Waals surface area contributed by atoms with E-state index < -0.39 is 8.07 Å². The van der Waals surface area contributed by atoms with Crippen molar-refractivity contribution in [3.05, 3.63) is 35.9 Å². The molecule has 1 aromatic carbocycles. The van der Waals surface area contributed by atoms with Gasteiger partial charge < -0.3 is 10.1 Å². The maximum Gasteiger partial charge on any atom is 0.0801 e. The summed E-state index contributed by atoms with van der Waals surface area (Å²) in [5, 5.41) is 3.47. The molecule has 3 heteroatoms. The molecule has 0 amide bonds. The quantitative estimate of drug-likeness (QED) is 0.768. The Hall–Kier alpha value is -0.643. The molecule has 0 radical (unpaired) electrons. The van der Waals surface area contributed by atoms with Crippen molar-refractivity contribution in [1.29, 1.82) is 0 Å². The average Bonchev–Trinajstić information content (AvgIpc) is 2.24. The molecule has 90 valence electrons. The molecule has 1 rings (SSSR count). The van der Waals surface area contributed by atoms with Crippen LogP contribution in [-0.4, -0.2) is 27.5 Å². The minimum Gasteiger partial charge on any atom is -0.384 e. The molecule has 0 aliphatic rings. The van der Waals surface area contributed by atoms with Crippen LogP contribution in [0.2, 0.25) is 19.6 Å². The molecule has 0 heterocycles. The summed E-state index contributed by atoms with van der Waals surface area (Å²) in [6.45, 7) is 8.88. The molecule has 0 aliphatic heterocycles. The highest BCUT2D eigenvalue weighted by Gasteiger charge is 2.25. The molecule has 1 atom stereocenters. The van der Waals surface area contributed by atoms with Crippen LogP contribution in [-0.2, 0) is 11.3 Å². The second-order valence-electron chi connectivity index (χ2n) is 5.21. The van der Waals surface area contributed by atoms with Gasteiger partial charge in [0.25, 0.3) is 0 Å². The Balaban J connectivity index is 2.35. The highest BCUT2D eigenvalue weighted by atomic mass is 28.3. The Labute approximate surface area is 100 Å². The van der Waals surface area contributed by atoms with Gasteiger partial charge in [-0.25, -0.2) is 0 Å². The summed E-state index contributed by atoms with van der Waals surface area (Å²) in [7, 11) is 0.603. The molecule has 1 aromatic rings. The van der Waals surface area contributed by atoms with E-state index in [0.717, 1.165) is 13.1 Å². The van der Waals surface area contributed by atoms with Crippen LogP contribution in [0, 0.1) is 0 Å². The first-order valence-electron chi connectivity index (χ1n) is 5.81. The molecule has 0 saturated carbocycles. The third kappa shape index (κ3) is 4.47. The minimum absolute atomic E-state index is 0.385. The summed E-state index contributed by atoms with van der Waals surface area (Å²) in [6, 6.07) is 10.5. The monoisotopic (exact) mass is 237 g/mol. The van der Waals surface area contributed by atoms with Crippen molar-refractivity contribution in [2.45, 2.75) is 31.9 Å². The fourth-order valence-corrected chi connectivity index (χ4v) is 3.15. The van der Waals surface area contributed by atoms with Gasteiger partial charge in [-0.1, -0.05) is 50.0 Å². The SMILES string of the molecule is COC(CNCc1ccccc1)[Si](C)(C)C. The van der Waals surface area contributed by atoms with E-state index in [4.69, 9.17) is 4.74 Å². The number of rotatable bonds is 6. The Morgan fingerprint density at radius 2 is 1.81 bits per heavy atom. The smallest absolute Gasteiger partial charge is 0.0801 e. The van der Waals surface area contributed by atoms with Crippen molar-refractivity contribution in [2.24, 2.45) is 0 Å². The molecule has 0 aromatic heterocycles. The van der Waals surface area contributed by atoms with Crippen LogP contribution in [0.1, 0.15) is 5.56 Å². The van der Waals surface area contributed by atoms with E-state index in [-0.39, 0.29) is 0 Å². The first-order valence-corrected chi connectivity index (χ1v) is 9.39. The lowest BCUT2D eigenvalue weighted by molar-refractivity contribution is 0.155. The van der Waals surface area contributed by atoms with E-state index in [0.29, 0.717) is 5.73 Å². The van der Waals surface area contributed by atoms with Crippen molar-refractivity contribution < 1.29 is 4.74 Å². The second kappa shape index (κ2) is 6.18. The first kappa shape index (κ1) is 13.4. The molecule has 16 heavy (non-hydrogen) atoms. The number of methoxy groups -OCH3 is 1. The highest BCUT2D eigenvalue weighted by molar-refractivity contribution is 6.77. The van der Waals surface area contributed by atoms with Gasteiger partial charge in [0, 0.05) is 20.2 Å². The number of nitrogens with one attached hydrogen (secondary N) is 1. The predicted molar refractivity (Wildman–Crippen MR) is 72.3 cm³/mol. The minimum atomic E-state index is -1.21. The van der Waals surface area contributed by atoms with Crippen LogP contribution in [0.4, 0.5) is 0 Å². The molecular weight excluding hydrogens is 214 g/mol. The zero-order valence-electron chi connectivity index (χ0n) is 10.8. The van der Waals surface area contributed by atoms with Crippen molar-refractivity contribution in [1.82, 2.24) is 5.32 Å². The third-order valence-corrected chi connectivity index (χ3v) is 5.12. The van der Waals surface area contributed by atoms with Crippen molar-refractivity contribution in [3.8, 4) is 0 Å². The Kier molecular flexibility index (Phi) is 5.18. The summed E-state index contributed by atoms with van der Waals surface area (Å²) in [4.78, 5) is 0. The van der Waals surface area contributed by atoms with E-state index in [9.17, 15) is 0 Å². The maximum absolute atomic E-state index is 5.55. The molecule has 1 N–H and O–H groups in total. The maximum atomic E-state index is 5.55. The largest absolute Gasteiger partial charge is 0.384 e.